The smallest absolute Gasteiger partial charge is 0.323 e. The quantitative estimate of drug-likeness (QED) is 0.618. The summed E-state index contributed by atoms with van der Waals surface area (Å²) in [7, 11) is 0. The van der Waals surface area contributed by atoms with Crippen LogP contribution < -0.4 is 11.0 Å². The van der Waals surface area contributed by atoms with Crippen LogP contribution in [0.2, 0.25) is 10.0 Å². The van der Waals surface area contributed by atoms with E-state index in [0.717, 1.165) is 26.8 Å². The molecule has 0 bridgehead atoms. The summed E-state index contributed by atoms with van der Waals surface area (Å²) < 4.78 is 0.850. The van der Waals surface area contributed by atoms with Gasteiger partial charge < -0.3 is 15.3 Å². The Balaban J connectivity index is 1.89. The zero-order chi connectivity index (χ0) is 15.0. The predicted octanol–water partition coefficient (Wildman–Crippen LogP) is 4.54. The average Bonchev–Trinajstić information content (AvgIpc) is 2.78. The Morgan fingerprint density at radius 2 is 1.81 bits per heavy atom. The lowest BCUT2D eigenvalue weighted by Crippen LogP contribution is -2.01. The van der Waals surface area contributed by atoms with Crippen molar-refractivity contribution in [2.75, 3.05) is 5.32 Å². The molecule has 0 aliphatic rings. The Morgan fingerprint density at radius 3 is 2.57 bits per heavy atom. The molecular formula is C14H10BrCl2N3O. The molecule has 0 amide bonds. The van der Waals surface area contributed by atoms with Crippen molar-refractivity contribution in [3.8, 4) is 0 Å². The molecule has 0 aliphatic heterocycles. The minimum atomic E-state index is -0.230. The summed E-state index contributed by atoms with van der Waals surface area (Å²) in [5.41, 5.74) is 3.01. The monoisotopic (exact) mass is 385 g/mol. The van der Waals surface area contributed by atoms with Crippen LogP contribution >= 0.6 is 39.1 Å². The third-order valence-corrected chi connectivity index (χ3v) is 4.34. The van der Waals surface area contributed by atoms with Crippen LogP contribution in [0.5, 0.6) is 0 Å². The summed E-state index contributed by atoms with van der Waals surface area (Å²) in [5, 5.41) is 4.56. The lowest BCUT2D eigenvalue weighted by atomic mass is 10.2. The number of hydrogen-bond acceptors (Lipinski definition) is 2. The second-order valence-corrected chi connectivity index (χ2v) is 6.24. The van der Waals surface area contributed by atoms with Gasteiger partial charge in [-0.1, -0.05) is 23.2 Å². The normalized spacial score (nSPS) is 11.0. The van der Waals surface area contributed by atoms with Crippen LogP contribution in [0.4, 0.5) is 5.69 Å². The van der Waals surface area contributed by atoms with Crippen molar-refractivity contribution in [3.05, 3.63) is 60.9 Å². The Bertz CT molecular complexity index is 872. The molecule has 0 atom stereocenters. The first-order valence-corrected chi connectivity index (χ1v) is 7.67. The molecule has 0 saturated carbocycles. The van der Waals surface area contributed by atoms with Gasteiger partial charge >= 0.3 is 5.69 Å². The van der Waals surface area contributed by atoms with Crippen LogP contribution in [0.3, 0.4) is 0 Å². The first-order valence-electron chi connectivity index (χ1n) is 6.12. The molecule has 0 saturated heterocycles. The summed E-state index contributed by atoms with van der Waals surface area (Å²) in [5.74, 6) is 0. The Hall–Kier alpha value is -1.43. The van der Waals surface area contributed by atoms with E-state index in [2.05, 4.69) is 31.2 Å². The van der Waals surface area contributed by atoms with Crippen molar-refractivity contribution in [1.82, 2.24) is 9.97 Å². The molecule has 1 heterocycles. The second kappa shape index (κ2) is 5.75. The van der Waals surface area contributed by atoms with Crippen LogP contribution in [0.15, 0.2) is 39.6 Å². The van der Waals surface area contributed by atoms with E-state index >= 15 is 0 Å². The molecule has 3 aromatic rings. The standard InChI is InChI=1S/C14H10BrCl2N3O/c15-9-4-12-13(20-14(21)19-12)5-11(9)18-6-7-3-8(16)1-2-10(7)17/h1-5,18H,6H2,(H2,19,20,21). The van der Waals surface area contributed by atoms with E-state index in [0.29, 0.717) is 16.6 Å². The van der Waals surface area contributed by atoms with E-state index in [1.165, 1.54) is 0 Å². The highest BCUT2D eigenvalue weighted by Crippen LogP contribution is 2.28. The number of imidazole rings is 1. The molecule has 0 spiro atoms. The second-order valence-electron chi connectivity index (χ2n) is 4.55. The molecule has 7 heteroatoms. The maximum atomic E-state index is 11.3. The highest BCUT2D eigenvalue weighted by molar-refractivity contribution is 9.10. The van der Waals surface area contributed by atoms with Gasteiger partial charge in [-0.15, -0.1) is 0 Å². The van der Waals surface area contributed by atoms with Gasteiger partial charge in [0.2, 0.25) is 0 Å². The van der Waals surface area contributed by atoms with E-state index in [1.807, 2.05) is 18.2 Å². The average molecular weight is 387 g/mol. The fourth-order valence-electron chi connectivity index (χ4n) is 2.06. The zero-order valence-electron chi connectivity index (χ0n) is 10.6. The summed E-state index contributed by atoms with van der Waals surface area (Å²) in [6, 6.07) is 9.04. The topological polar surface area (TPSA) is 60.7 Å². The van der Waals surface area contributed by atoms with E-state index in [9.17, 15) is 4.79 Å². The van der Waals surface area contributed by atoms with Gasteiger partial charge in [-0.2, -0.15) is 0 Å². The minimum Gasteiger partial charge on any atom is -0.380 e. The zero-order valence-corrected chi connectivity index (χ0v) is 13.7. The van der Waals surface area contributed by atoms with Crippen LogP contribution in [0, 0.1) is 0 Å². The van der Waals surface area contributed by atoms with Gasteiger partial charge in [0.05, 0.1) is 16.7 Å². The third kappa shape index (κ3) is 3.10. The van der Waals surface area contributed by atoms with Crippen molar-refractivity contribution in [2.24, 2.45) is 0 Å². The number of rotatable bonds is 3. The Morgan fingerprint density at radius 1 is 1.10 bits per heavy atom. The number of hydrogen-bond donors (Lipinski definition) is 3. The molecule has 4 nitrogen and oxygen atoms in total. The van der Waals surface area contributed by atoms with E-state index < -0.39 is 0 Å². The van der Waals surface area contributed by atoms with Crippen molar-refractivity contribution in [2.45, 2.75) is 6.54 Å². The molecule has 0 fully saturated rings. The lowest BCUT2D eigenvalue weighted by molar-refractivity contribution is 1.15. The van der Waals surface area contributed by atoms with Crippen LogP contribution in [-0.4, -0.2) is 9.97 Å². The molecule has 21 heavy (non-hydrogen) atoms. The highest BCUT2D eigenvalue weighted by atomic mass is 79.9. The third-order valence-electron chi connectivity index (χ3n) is 3.08. The van der Waals surface area contributed by atoms with Gasteiger partial charge in [-0.3, -0.25) is 0 Å². The number of fused-ring (bicyclic) bond motifs is 1. The summed E-state index contributed by atoms with van der Waals surface area (Å²) >= 11 is 15.6. The Kier molecular flexibility index (Phi) is 3.97. The number of aromatic nitrogens is 2. The molecule has 0 unspecified atom stereocenters. The van der Waals surface area contributed by atoms with Gasteiger partial charge in [-0.05, 0) is 51.8 Å². The highest BCUT2D eigenvalue weighted by Gasteiger charge is 2.07. The van der Waals surface area contributed by atoms with E-state index in [4.69, 9.17) is 23.2 Å². The molecule has 108 valence electrons. The van der Waals surface area contributed by atoms with Gasteiger partial charge in [-0.25, -0.2) is 4.79 Å². The number of nitrogens with one attached hydrogen (secondary N) is 3. The van der Waals surface area contributed by atoms with Gasteiger partial charge in [0.15, 0.2) is 0 Å². The first kappa shape index (κ1) is 14.5. The Labute approximate surface area is 138 Å². The molecule has 3 rings (SSSR count). The largest absolute Gasteiger partial charge is 0.380 e. The van der Waals surface area contributed by atoms with Gasteiger partial charge in [0.25, 0.3) is 0 Å². The summed E-state index contributed by atoms with van der Waals surface area (Å²) in [6.07, 6.45) is 0. The molecule has 3 N–H and O–H groups in total. The fourth-order valence-corrected chi connectivity index (χ4v) is 2.92. The molecular weight excluding hydrogens is 377 g/mol. The SMILES string of the molecule is O=c1[nH]c2cc(Br)c(NCc3cc(Cl)ccc3Cl)cc2[nH]1. The lowest BCUT2D eigenvalue weighted by Gasteiger charge is -2.10. The van der Waals surface area contributed by atoms with Crippen LogP contribution in [-0.2, 0) is 6.54 Å². The van der Waals surface area contributed by atoms with Crippen molar-refractivity contribution in [1.29, 1.82) is 0 Å². The summed E-state index contributed by atoms with van der Waals surface area (Å²) in [4.78, 5) is 16.7. The number of aromatic amines is 2. The minimum absolute atomic E-state index is 0.230. The summed E-state index contributed by atoms with van der Waals surface area (Å²) in [6.45, 7) is 0.526. The van der Waals surface area contributed by atoms with Gasteiger partial charge in [0.1, 0.15) is 0 Å². The van der Waals surface area contributed by atoms with Crippen LogP contribution in [0.1, 0.15) is 5.56 Å². The molecule has 2 aromatic carbocycles. The number of halogens is 3. The molecule has 0 radical (unpaired) electrons. The van der Waals surface area contributed by atoms with Crippen molar-refractivity contribution in [3.63, 3.8) is 0 Å². The number of benzene rings is 2. The fraction of sp³-hybridized carbons (Fsp3) is 0.0714. The predicted molar refractivity (Wildman–Crippen MR) is 90.4 cm³/mol. The van der Waals surface area contributed by atoms with Crippen LogP contribution in [0.25, 0.3) is 11.0 Å². The molecule has 1 aromatic heterocycles. The van der Waals surface area contributed by atoms with E-state index in [-0.39, 0.29) is 5.69 Å². The van der Waals surface area contributed by atoms with Crippen molar-refractivity contribution < 1.29 is 0 Å². The van der Waals surface area contributed by atoms with Gasteiger partial charge in [0, 0.05) is 21.1 Å². The van der Waals surface area contributed by atoms with Crippen molar-refractivity contribution >= 4 is 55.9 Å². The number of anilines is 1. The first-order chi connectivity index (χ1) is 10.0. The number of H-pyrrole nitrogens is 2. The maximum absolute atomic E-state index is 11.3. The maximum Gasteiger partial charge on any atom is 0.323 e. The van der Waals surface area contributed by atoms with E-state index in [1.54, 1.807) is 12.1 Å². The molecule has 0 aliphatic carbocycles.